The number of carbonyl (C=O) groups excluding carboxylic acids is 2. The van der Waals surface area contributed by atoms with E-state index in [-0.39, 0.29) is 10.6 Å². The maximum absolute atomic E-state index is 11.8. The molecule has 3 amide bonds. The molecule has 2 N–H and O–H groups in total. The topological polar surface area (TPSA) is 84.0 Å². The van der Waals surface area contributed by atoms with Crippen molar-refractivity contribution in [1.82, 2.24) is 15.3 Å². The molecule has 0 aliphatic heterocycles. The van der Waals surface area contributed by atoms with Gasteiger partial charge in [0.2, 0.25) is 0 Å². The minimum Gasteiger partial charge on any atom is -0.305 e. The minimum absolute atomic E-state index is 0.149. The predicted molar refractivity (Wildman–Crippen MR) is 75.0 cm³/mol. The standard InChI is InChI=1S/C12H8Cl2N4O2/c13-7-1-2-9(10(14)3-7)11(19)18-12(20)17-8-4-15-6-16-5-8/h1-6H,(H2,17,18,19,20). The lowest BCUT2D eigenvalue weighted by molar-refractivity contribution is 0.0967. The van der Waals surface area contributed by atoms with Crippen LogP contribution in [0.5, 0.6) is 0 Å². The van der Waals surface area contributed by atoms with Gasteiger partial charge >= 0.3 is 6.03 Å². The fraction of sp³-hybridized carbons (Fsp3) is 0. The van der Waals surface area contributed by atoms with Crippen molar-refractivity contribution in [3.05, 3.63) is 52.5 Å². The fourth-order valence-electron chi connectivity index (χ4n) is 1.37. The van der Waals surface area contributed by atoms with Gasteiger partial charge in [-0.25, -0.2) is 14.8 Å². The summed E-state index contributed by atoms with van der Waals surface area (Å²) in [6.07, 6.45) is 4.11. The smallest absolute Gasteiger partial charge is 0.305 e. The van der Waals surface area contributed by atoms with Gasteiger partial charge in [-0.2, -0.15) is 0 Å². The molecule has 0 saturated heterocycles. The van der Waals surface area contributed by atoms with Crippen LogP contribution in [0.4, 0.5) is 10.5 Å². The number of urea groups is 1. The van der Waals surface area contributed by atoms with E-state index in [4.69, 9.17) is 23.2 Å². The summed E-state index contributed by atoms with van der Waals surface area (Å²) in [6, 6.07) is 3.64. The summed E-state index contributed by atoms with van der Waals surface area (Å²) in [5.74, 6) is -0.638. The first-order chi connectivity index (χ1) is 9.56. The van der Waals surface area contributed by atoms with E-state index < -0.39 is 11.9 Å². The van der Waals surface area contributed by atoms with E-state index in [1.807, 2.05) is 0 Å². The Bertz CT molecular complexity index is 649. The SMILES string of the molecule is O=C(NC(=O)c1ccc(Cl)cc1Cl)Nc1cncnc1. The molecule has 8 heteroatoms. The van der Waals surface area contributed by atoms with Gasteiger partial charge in [-0.15, -0.1) is 0 Å². The second-order valence-electron chi connectivity index (χ2n) is 3.66. The van der Waals surface area contributed by atoms with E-state index >= 15 is 0 Å². The quantitative estimate of drug-likeness (QED) is 0.893. The summed E-state index contributed by atoms with van der Waals surface area (Å²) in [6.45, 7) is 0. The molecular formula is C12H8Cl2N4O2. The lowest BCUT2D eigenvalue weighted by Gasteiger charge is -2.07. The van der Waals surface area contributed by atoms with Crippen LogP contribution < -0.4 is 10.6 Å². The van der Waals surface area contributed by atoms with Crippen LogP contribution in [0.1, 0.15) is 10.4 Å². The average Bonchev–Trinajstić information content (AvgIpc) is 2.39. The highest BCUT2D eigenvalue weighted by Crippen LogP contribution is 2.20. The summed E-state index contributed by atoms with van der Waals surface area (Å²) in [5.41, 5.74) is 0.510. The summed E-state index contributed by atoms with van der Waals surface area (Å²) in [7, 11) is 0. The van der Waals surface area contributed by atoms with Crippen molar-refractivity contribution in [3.63, 3.8) is 0 Å². The molecule has 1 aromatic carbocycles. The third-order valence-electron chi connectivity index (χ3n) is 2.22. The Morgan fingerprint density at radius 1 is 1.10 bits per heavy atom. The Kier molecular flexibility index (Phi) is 4.49. The molecule has 0 fully saturated rings. The Morgan fingerprint density at radius 3 is 2.45 bits per heavy atom. The van der Waals surface area contributed by atoms with Crippen molar-refractivity contribution >= 4 is 40.8 Å². The summed E-state index contributed by atoms with van der Waals surface area (Å²) in [5, 5.41) is 5.10. The molecule has 0 atom stereocenters. The Morgan fingerprint density at radius 2 is 1.80 bits per heavy atom. The van der Waals surface area contributed by atoms with Crippen molar-refractivity contribution in [2.75, 3.05) is 5.32 Å². The fourth-order valence-corrected chi connectivity index (χ4v) is 1.86. The van der Waals surface area contributed by atoms with Crippen molar-refractivity contribution in [2.45, 2.75) is 0 Å². The Hall–Kier alpha value is -2.18. The second kappa shape index (κ2) is 6.31. The number of carbonyl (C=O) groups is 2. The zero-order chi connectivity index (χ0) is 14.5. The molecule has 20 heavy (non-hydrogen) atoms. The molecule has 0 unspecified atom stereocenters. The Labute approximate surface area is 124 Å². The van der Waals surface area contributed by atoms with E-state index in [1.165, 1.54) is 36.9 Å². The molecule has 1 heterocycles. The highest BCUT2D eigenvalue weighted by molar-refractivity contribution is 6.37. The number of imide groups is 1. The molecule has 0 aliphatic rings. The number of amides is 3. The van der Waals surface area contributed by atoms with Crippen molar-refractivity contribution in [2.24, 2.45) is 0 Å². The molecule has 0 aliphatic carbocycles. The van der Waals surface area contributed by atoms with Crippen LogP contribution in [-0.2, 0) is 0 Å². The molecule has 6 nitrogen and oxygen atoms in total. The average molecular weight is 311 g/mol. The number of nitrogens with zero attached hydrogens (tertiary/aromatic N) is 2. The van der Waals surface area contributed by atoms with E-state index in [0.717, 1.165) is 0 Å². The number of nitrogens with one attached hydrogen (secondary N) is 2. The van der Waals surface area contributed by atoms with Gasteiger partial charge in [-0.3, -0.25) is 10.1 Å². The zero-order valence-electron chi connectivity index (χ0n) is 9.93. The number of hydrogen-bond acceptors (Lipinski definition) is 4. The summed E-state index contributed by atoms with van der Waals surface area (Å²) in [4.78, 5) is 30.9. The molecule has 0 radical (unpaired) electrons. The number of aromatic nitrogens is 2. The molecule has 0 bridgehead atoms. The lowest BCUT2D eigenvalue weighted by atomic mass is 10.2. The van der Waals surface area contributed by atoms with Gasteiger partial charge in [0.25, 0.3) is 5.91 Å². The van der Waals surface area contributed by atoms with Crippen molar-refractivity contribution in [1.29, 1.82) is 0 Å². The number of hydrogen-bond donors (Lipinski definition) is 2. The molecule has 0 spiro atoms. The van der Waals surface area contributed by atoms with Crippen molar-refractivity contribution in [3.8, 4) is 0 Å². The van der Waals surface area contributed by atoms with Gasteiger partial charge in [0.15, 0.2) is 0 Å². The van der Waals surface area contributed by atoms with Crippen LogP contribution in [0.25, 0.3) is 0 Å². The second-order valence-corrected chi connectivity index (χ2v) is 4.50. The third-order valence-corrected chi connectivity index (χ3v) is 2.77. The lowest BCUT2D eigenvalue weighted by Crippen LogP contribution is -2.34. The zero-order valence-corrected chi connectivity index (χ0v) is 11.4. The third kappa shape index (κ3) is 3.66. The predicted octanol–water partition coefficient (Wildman–Crippen LogP) is 2.75. The molecule has 1 aromatic heterocycles. The molecule has 2 aromatic rings. The van der Waals surface area contributed by atoms with E-state index in [1.54, 1.807) is 0 Å². The van der Waals surface area contributed by atoms with Gasteiger partial charge in [0.1, 0.15) is 6.33 Å². The van der Waals surface area contributed by atoms with E-state index in [2.05, 4.69) is 20.6 Å². The van der Waals surface area contributed by atoms with Crippen LogP contribution in [0.15, 0.2) is 36.9 Å². The number of benzene rings is 1. The van der Waals surface area contributed by atoms with Gasteiger partial charge in [-0.05, 0) is 18.2 Å². The van der Waals surface area contributed by atoms with Crippen LogP contribution >= 0.6 is 23.2 Å². The number of anilines is 1. The van der Waals surface area contributed by atoms with Gasteiger partial charge in [0.05, 0.1) is 28.7 Å². The number of halogens is 2. The molecular weight excluding hydrogens is 303 g/mol. The first-order valence-corrected chi connectivity index (χ1v) is 6.14. The van der Waals surface area contributed by atoms with Gasteiger partial charge < -0.3 is 5.32 Å². The van der Waals surface area contributed by atoms with Crippen LogP contribution in [0.3, 0.4) is 0 Å². The molecule has 2 rings (SSSR count). The maximum atomic E-state index is 11.8. The summed E-state index contributed by atoms with van der Waals surface area (Å²) >= 11 is 11.6. The molecule has 0 saturated carbocycles. The first-order valence-electron chi connectivity index (χ1n) is 5.38. The van der Waals surface area contributed by atoms with Crippen LogP contribution in [0.2, 0.25) is 10.0 Å². The highest BCUT2D eigenvalue weighted by atomic mass is 35.5. The van der Waals surface area contributed by atoms with E-state index in [0.29, 0.717) is 10.7 Å². The minimum atomic E-state index is -0.712. The maximum Gasteiger partial charge on any atom is 0.326 e. The normalized spacial score (nSPS) is 9.90. The number of rotatable bonds is 2. The van der Waals surface area contributed by atoms with Crippen molar-refractivity contribution < 1.29 is 9.59 Å². The first kappa shape index (κ1) is 14.2. The Balaban J connectivity index is 2.02. The molecule has 102 valence electrons. The van der Waals surface area contributed by atoms with Gasteiger partial charge in [0, 0.05) is 5.02 Å². The van der Waals surface area contributed by atoms with Gasteiger partial charge in [-0.1, -0.05) is 23.2 Å². The van der Waals surface area contributed by atoms with Crippen LogP contribution in [0, 0.1) is 0 Å². The summed E-state index contributed by atoms with van der Waals surface area (Å²) < 4.78 is 0. The van der Waals surface area contributed by atoms with E-state index in [9.17, 15) is 9.59 Å². The van der Waals surface area contributed by atoms with Crippen LogP contribution in [-0.4, -0.2) is 21.9 Å². The highest BCUT2D eigenvalue weighted by Gasteiger charge is 2.14. The largest absolute Gasteiger partial charge is 0.326 e. The monoisotopic (exact) mass is 310 g/mol.